The molecule has 0 N–H and O–H groups in total. The maximum atomic E-state index is 11.7. The van der Waals surface area contributed by atoms with Crippen LogP contribution in [0.5, 0.6) is 0 Å². The molecule has 2 nitrogen and oxygen atoms in total. The van der Waals surface area contributed by atoms with Crippen molar-refractivity contribution in [2.24, 2.45) is 0 Å². The first-order valence-electron chi connectivity index (χ1n) is 2.93. The Morgan fingerprint density at radius 3 is 2.20 bits per heavy atom. The lowest BCUT2D eigenvalue weighted by molar-refractivity contribution is -0.121. The van der Waals surface area contributed by atoms with Crippen molar-refractivity contribution in [2.45, 2.75) is 5.82 Å². The Morgan fingerprint density at radius 2 is 1.90 bits per heavy atom. The summed E-state index contributed by atoms with van der Waals surface area (Å²) in [6.07, 6.45) is 0.443. The van der Waals surface area contributed by atoms with Crippen LogP contribution in [0.3, 0.4) is 0 Å². The summed E-state index contributed by atoms with van der Waals surface area (Å²) in [5.41, 5.74) is 0. The predicted molar refractivity (Wildman–Crippen MR) is 30.5 cm³/mol. The Morgan fingerprint density at radius 1 is 1.40 bits per heavy atom. The Balaban J connectivity index is 2.32. The average Bonchev–Trinajstić information content (AvgIpc) is 1.57. The molecule has 1 rings (SSSR count). The molecule has 0 bridgehead atoms. The van der Waals surface area contributed by atoms with Crippen molar-refractivity contribution in [1.29, 1.82) is 0 Å². The van der Waals surface area contributed by atoms with E-state index in [1.165, 1.54) is 0 Å². The van der Waals surface area contributed by atoms with Crippen molar-refractivity contribution in [3.63, 3.8) is 0 Å². The van der Waals surface area contributed by atoms with Gasteiger partial charge in [-0.2, -0.15) is 0 Å². The molecular weight excluding hydrogens is 146 g/mol. The molecule has 0 aromatic carbocycles. The highest BCUT2D eigenvalue weighted by Gasteiger charge is 2.42. The molecule has 1 aliphatic heterocycles. The van der Waals surface area contributed by atoms with Crippen molar-refractivity contribution < 1.29 is 17.7 Å². The summed E-state index contributed by atoms with van der Waals surface area (Å²) in [5, 5.41) is 0. The summed E-state index contributed by atoms with van der Waals surface area (Å²) >= 11 is 0. The summed E-state index contributed by atoms with van der Waals surface area (Å²) in [5.74, 6) is -1.23. The number of nitrogens with zero attached hydrogens (tertiary/aromatic N) is 1. The van der Waals surface area contributed by atoms with Gasteiger partial charge in [-0.1, -0.05) is 0 Å². The first-order valence-corrected chi connectivity index (χ1v) is 2.93. The molecule has 58 valence electrons. The van der Waals surface area contributed by atoms with Gasteiger partial charge in [-0.3, -0.25) is 4.79 Å². The van der Waals surface area contributed by atoms with Crippen LogP contribution in [0.25, 0.3) is 0 Å². The minimum atomic E-state index is -4.71. The van der Waals surface area contributed by atoms with Gasteiger partial charge in [0.25, 0.3) is 0 Å². The normalized spacial score (nSPS) is 20.5. The smallest absolute Gasteiger partial charge is 0.449 e. The molecule has 1 aliphatic rings. The van der Waals surface area contributed by atoms with Crippen LogP contribution in [0.15, 0.2) is 0 Å². The van der Waals surface area contributed by atoms with Crippen molar-refractivity contribution in [2.75, 3.05) is 13.1 Å². The molecule has 1 fully saturated rings. The molecule has 10 heavy (non-hydrogen) atoms. The fourth-order valence-electron chi connectivity index (χ4n) is 0.874. The molecule has 0 saturated carbocycles. The molecule has 0 unspecified atom stereocenters. The molecule has 1 saturated heterocycles. The second-order valence-electron chi connectivity index (χ2n) is 2.44. The third-order valence-corrected chi connectivity index (χ3v) is 1.62. The Kier molecular flexibility index (Phi) is 1.62. The number of amides is 1. The van der Waals surface area contributed by atoms with E-state index in [1.54, 1.807) is 0 Å². The number of rotatable bonds is 2. The third kappa shape index (κ3) is 1.25. The van der Waals surface area contributed by atoms with Gasteiger partial charge in [-0.05, 0) is 5.82 Å². The SMILES string of the molecule is O=CN1CC([B-](F)(F)F)C1. The van der Waals surface area contributed by atoms with Gasteiger partial charge in [0.2, 0.25) is 6.41 Å². The quantitative estimate of drug-likeness (QED) is 0.420. The topological polar surface area (TPSA) is 20.3 Å². The molecule has 0 aliphatic carbocycles. The highest BCUT2D eigenvalue weighted by molar-refractivity contribution is 6.60. The molecular formula is C4H6BF3NO-. The van der Waals surface area contributed by atoms with E-state index in [2.05, 4.69) is 0 Å². The van der Waals surface area contributed by atoms with Gasteiger partial charge in [-0.25, -0.2) is 0 Å². The van der Waals surface area contributed by atoms with Crippen LogP contribution in [-0.4, -0.2) is 31.4 Å². The van der Waals surface area contributed by atoms with Crippen molar-refractivity contribution >= 4 is 13.4 Å². The van der Waals surface area contributed by atoms with Gasteiger partial charge in [0, 0.05) is 13.1 Å². The van der Waals surface area contributed by atoms with Gasteiger partial charge in [0.15, 0.2) is 0 Å². The zero-order valence-corrected chi connectivity index (χ0v) is 5.14. The summed E-state index contributed by atoms with van der Waals surface area (Å²) < 4.78 is 35.2. The minimum absolute atomic E-state index is 0.146. The summed E-state index contributed by atoms with van der Waals surface area (Å²) in [6.45, 7) is -5.01. The average molecular weight is 152 g/mol. The van der Waals surface area contributed by atoms with Crippen molar-refractivity contribution in [1.82, 2.24) is 4.90 Å². The zero-order valence-electron chi connectivity index (χ0n) is 5.14. The number of hydrogen-bond donors (Lipinski definition) is 0. The van der Waals surface area contributed by atoms with Crippen LogP contribution >= 0.6 is 0 Å². The Hall–Kier alpha value is -0.675. The molecule has 0 aromatic rings. The first-order chi connectivity index (χ1) is 4.54. The summed E-state index contributed by atoms with van der Waals surface area (Å²) in [4.78, 5) is 10.9. The van der Waals surface area contributed by atoms with E-state index in [4.69, 9.17) is 0 Å². The maximum absolute atomic E-state index is 11.7. The monoisotopic (exact) mass is 152 g/mol. The van der Waals surface area contributed by atoms with Crippen LogP contribution in [0.1, 0.15) is 0 Å². The molecule has 1 amide bonds. The van der Waals surface area contributed by atoms with Gasteiger partial charge >= 0.3 is 6.98 Å². The standard InChI is InChI=1S/C4H6BF3NO/c6-5(7,8)4-1-9(2-4)3-10/h3-4H,1-2H2/q-1. The fraction of sp³-hybridized carbons (Fsp3) is 0.750. The maximum Gasteiger partial charge on any atom is 0.484 e. The Labute approximate surface area is 56.1 Å². The van der Waals surface area contributed by atoms with E-state index >= 15 is 0 Å². The van der Waals surface area contributed by atoms with E-state index in [-0.39, 0.29) is 13.1 Å². The molecule has 0 atom stereocenters. The summed E-state index contributed by atoms with van der Waals surface area (Å²) in [6, 6.07) is 0. The van der Waals surface area contributed by atoms with Crippen LogP contribution in [-0.2, 0) is 4.79 Å². The second-order valence-corrected chi connectivity index (χ2v) is 2.44. The van der Waals surface area contributed by atoms with E-state index in [0.29, 0.717) is 6.41 Å². The molecule has 0 aromatic heterocycles. The molecule has 0 radical (unpaired) electrons. The van der Waals surface area contributed by atoms with E-state index < -0.39 is 12.8 Å². The number of likely N-dealkylation sites (tertiary alicyclic amines) is 1. The van der Waals surface area contributed by atoms with Gasteiger partial charge in [0.05, 0.1) is 0 Å². The highest BCUT2D eigenvalue weighted by atomic mass is 19.4. The van der Waals surface area contributed by atoms with Crippen LogP contribution in [0.4, 0.5) is 12.9 Å². The van der Waals surface area contributed by atoms with Gasteiger partial charge in [0.1, 0.15) is 0 Å². The van der Waals surface area contributed by atoms with Gasteiger partial charge < -0.3 is 17.8 Å². The molecule has 1 heterocycles. The Bertz CT molecular complexity index is 142. The largest absolute Gasteiger partial charge is 0.484 e. The van der Waals surface area contributed by atoms with E-state index in [1.807, 2.05) is 0 Å². The number of halogens is 3. The van der Waals surface area contributed by atoms with Crippen LogP contribution in [0.2, 0.25) is 5.82 Å². The molecule has 0 spiro atoms. The van der Waals surface area contributed by atoms with E-state index in [9.17, 15) is 17.7 Å². The van der Waals surface area contributed by atoms with Crippen LogP contribution < -0.4 is 0 Å². The second kappa shape index (κ2) is 2.18. The molecule has 6 heteroatoms. The van der Waals surface area contributed by atoms with Crippen molar-refractivity contribution in [3.05, 3.63) is 0 Å². The lowest BCUT2D eigenvalue weighted by Gasteiger charge is -2.42. The number of carbonyl (C=O) groups excluding carboxylic acids is 1. The summed E-state index contributed by atoms with van der Waals surface area (Å²) in [7, 11) is 0. The number of carbonyl (C=O) groups is 1. The third-order valence-electron chi connectivity index (χ3n) is 1.62. The lowest BCUT2D eigenvalue weighted by Crippen LogP contribution is -2.50. The minimum Gasteiger partial charge on any atom is -0.449 e. The fourth-order valence-corrected chi connectivity index (χ4v) is 0.874. The lowest BCUT2D eigenvalue weighted by atomic mass is 9.68. The number of hydrogen-bond acceptors (Lipinski definition) is 1. The predicted octanol–water partition coefficient (Wildman–Crippen LogP) is 0.676. The van der Waals surface area contributed by atoms with E-state index in [0.717, 1.165) is 4.90 Å². The highest BCUT2D eigenvalue weighted by Crippen LogP contribution is 2.33. The van der Waals surface area contributed by atoms with Crippen LogP contribution in [0, 0.1) is 0 Å². The first kappa shape index (κ1) is 7.43. The van der Waals surface area contributed by atoms with Gasteiger partial charge in [-0.15, -0.1) is 0 Å². The van der Waals surface area contributed by atoms with Crippen molar-refractivity contribution in [3.8, 4) is 0 Å². The zero-order chi connectivity index (χ0) is 7.78.